The van der Waals surface area contributed by atoms with Gasteiger partial charge in [-0.1, -0.05) is 60.7 Å². The van der Waals surface area contributed by atoms with Gasteiger partial charge in [-0.3, -0.25) is 0 Å². The Balaban J connectivity index is 0.000000479. The predicted molar refractivity (Wildman–Crippen MR) is 128 cm³/mol. The van der Waals surface area contributed by atoms with Crippen LogP contribution in [0.15, 0.2) is 72.8 Å². The number of carboxylic acid groups (broad SMARTS) is 1. The number of rotatable bonds is 7. The summed E-state index contributed by atoms with van der Waals surface area (Å²) in [4.78, 5) is 21.1. The summed E-state index contributed by atoms with van der Waals surface area (Å²) in [6, 6.07) is 24.6. The molecule has 37 heavy (non-hydrogen) atoms. The number of quaternary nitrogens is 1. The van der Waals surface area contributed by atoms with Gasteiger partial charge in [0.15, 0.2) is 0 Å². The van der Waals surface area contributed by atoms with Crippen LogP contribution in [-0.4, -0.2) is 44.5 Å². The van der Waals surface area contributed by atoms with E-state index >= 15 is 0 Å². The number of fused-ring (bicyclic) bond motifs is 3. The second-order valence-electron chi connectivity index (χ2n) is 8.41. The first-order valence-electron chi connectivity index (χ1n) is 11.4. The first-order chi connectivity index (χ1) is 17.6. The molecule has 4 N–H and O–H groups in total. The highest BCUT2D eigenvalue weighted by Crippen LogP contribution is 2.44. The summed E-state index contributed by atoms with van der Waals surface area (Å²) in [6.07, 6.45) is -4.83. The van der Waals surface area contributed by atoms with Crippen molar-refractivity contribution in [2.75, 3.05) is 20.3 Å². The Labute approximate surface area is 212 Å². The molecule has 0 unspecified atom stereocenters. The van der Waals surface area contributed by atoms with Crippen molar-refractivity contribution in [2.45, 2.75) is 24.6 Å². The fraction of sp³-hybridized carbons (Fsp3) is 0.259. The van der Waals surface area contributed by atoms with Crippen LogP contribution in [0.4, 0.5) is 18.0 Å². The third-order valence-electron chi connectivity index (χ3n) is 5.79. The minimum Gasteiger partial charge on any atom is -0.542 e. The lowest BCUT2D eigenvalue weighted by Gasteiger charge is -2.15. The first kappa shape index (κ1) is 27.5. The van der Waals surface area contributed by atoms with Crippen LogP contribution >= 0.6 is 0 Å². The molecule has 0 spiro atoms. The number of aliphatic carboxylic acids is 1. The number of alkyl carbamates (subject to hydrolysis) is 1. The lowest BCUT2D eigenvalue weighted by Crippen LogP contribution is -2.66. The van der Waals surface area contributed by atoms with E-state index in [0.717, 1.165) is 17.7 Å². The van der Waals surface area contributed by atoms with Gasteiger partial charge in [-0.15, -0.1) is 0 Å². The molecule has 0 radical (unpaired) electrons. The largest absolute Gasteiger partial charge is 0.542 e. The molecule has 7 nitrogen and oxygen atoms in total. The number of halogens is 3. The molecule has 0 saturated carbocycles. The molecular weight excluding hydrogens is 489 g/mol. The Morgan fingerprint density at radius 3 is 1.97 bits per heavy atom. The van der Waals surface area contributed by atoms with Crippen molar-refractivity contribution in [3.63, 3.8) is 0 Å². The summed E-state index contributed by atoms with van der Waals surface area (Å²) < 4.78 is 42.3. The van der Waals surface area contributed by atoms with Gasteiger partial charge in [-0.05, 0) is 39.9 Å². The van der Waals surface area contributed by atoms with Crippen molar-refractivity contribution >= 4 is 12.1 Å². The minimum absolute atomic E-state index is 0.0545. The zero-order valence-electron chi connectivity index (χ0n) is 20.1. The van der Waals surface area contributed by atoms with Gasteiger partial charge in [0.2, 0.25) is 0 Å². The highest BCUT2D eigenvalue weighted by molar-refractivity contribution is 5.79. The number of alkyl halides is 3. The Kier molecular flexibility index (Phi) is 9.13. The molecule has 3 aromatic carbocycles. The summed E-state index contributed by atoms with van der Waals surface area (Å²) in [6.45, 7) is 0.781. The average Bonchev–Trinajstić information content (AvgIpc) is 3.20. The molecule has 1 atom stereocenters. The van der Waals surface area contributed by atoms with E-state index in [4.69, 9.17) is 19.4 Å². The Bertz CT molecular complexity index is 1170. The van der Waals surface area contributed by atoms with E-state index in [1.54, 1.807) is 7.11 Å². The van der Waals surface area contributed by atoms with Crippen LogP contribution in [0.25, 0.3) is 11.1 Å². The molecule has 10 heteroatoms. The van der Waals surface area contributed by atoms with Gasteiger partial charge in [0.1, 0.15) is 24.4 Å². The molecule has 0 aromatic heterocycles. The smallest absolute Gasteiger partial charge is 0.430 e. The number of carboxylic acids is 1. The second kappa shape index (κ2) is 12.3. The maximum absolute atomic E-state index is 12.3. The minimum atomic E-state index is -5.19. The molecule has 0 saturated heterocycles. The number of carbonyl (C=O) groups is 2. The normalized spacial score (nSPS) is 12.9. The summed E-state index contributed by atoms with van der Waals surface area (Å²) in [7, 11) is 1.65. The van der Waals surface area contributed by atoms with E-state index in [2.05, 4.69) is 35.3 Å². The van der Waals surface area contributed by atoms with E-state index in [0.29, 0.717) is 13.2 Å². The standard InChI is InChI=1S/C25H26N2O3.C2HF3O2/c1-29-19-12-10-17(11-13-19)14-18(26)15-27-25(28)30-16-24-22-8-4-2-6-20(22)21-7-3-5-9-23(21)24;3-2(4,5)1(6)7/h2-13,18,24H,14-16,26H2,1H3,(H,27,28);(H,6,7)/t18-;/m1./s1. The summed E-state index contributed by atoms with van der Waals surface area (Å²) in [5, 5.41) is 11.6. The molecule has 0 aliphatic heterocycles. The lowest BCUT2D eigenvalue weighted by atomic mass is 9.98. The fourth-order valence-corrected chi connectivity index (χ4v) is 4.04. The van der Waals surface area contributed by atoms with Gasteiger partial charge < -0.3 is 30.4 Å². The average molecular weight is 517 g/mol. The number of hydrogen-bond donors (Lipinski definition) is 2. The molecule has 1 aliphatic carbocycles. The van der Waals surface area contributed by atoms with Crippen LogP contribution < -0.4 is 20.9 Å². The predicted octanol–water partition coefficient (Wildman–Crippen LogP) is 2.69. The molecule has 0 heterocycles. The number of amides is 1. The molecule has 3 aromatic rings. The highest BCUT2D eigenvalue weighted by atomic mass is 19.4. The SMILES string of the molecule is COc1ccc(C[C@@H]([NH3+])CNC(=O)OCC2c3ccccc3-c3ccccc32)cc1.O=C([O-])C(F)(F)F. The molecular formula is C27H27F3N2O5. The van der Waals surface area contributed by atoms with Crippen molar-refractivity contribution in [3.8, 4) is 16.9 Å². The van der Waals surface area contributed by atoms with Crippen LogP contribution in [-0.2, 0) is 16.0 Å². The number of benzene rings is 3. The van der Waals surface area contributed by atoms with Crippen LogP contribution in [0.2, 0.25) is 0 Å². The zero-order chi connectivity index (χ0) is 27.0. The van der Waals surface area contributed by atoms with E-state index in [9.17, 15) is 18.0 Å². The monoisotopic (exact) mass is 516 g/mol. The van der Waals surface area contributed by atoms with E-state index in [-0.39, 0.29) is 12.0 Å². The third kappa shape index (κ3) is 7.47. The molecule has 1 amide bonds. The van der Waals surface area contributed by atoms with E-state index in [1.165, 1.54) is 22.3 Å². The van der Waals surface area contributed by atoms with Crippen molar-refractivity contribution in [2.24, 2.45) is 0 Å². The number of hydrogen-bond acceptors (Lipinski definition) is 5. The first-order valence-corrected chi connectivity index (χ1v) is 11.4. The maximum atomic E-state index is 12.3. The number of methoxy groups -OCH3 is 1. The van der Waals surface area contributed by atoms with E-state index < -0.39 is 18.2 Å². The molecule has 0 fully saturated rings. The molecule has 1 aliphatic rings. The third-order valence-corrected chi connectivity index (χ3v) is 5.79. The van der Waals surface area contributed by atoms with Crippen LogP contribution in [0.1, 0.15) is 22.6 Å². The van der Waals surface area contributed by atoms with Gasteiger partial charge >= 0.3 is 12.3 Å². The Morgan fingerprint density at radius 2 is 1.49 bits per heavy atom. The fourth-order valence-electron chi connectivity index (χ4n) is 4.04. The quantitative estimate of drug-likeness (QED) is 0.501. The lowest BCUT2D eigenvalue weighted by molar-refractivity contribution is -0.416. The molecule has 4 rings (SSSR count). The second-order valence-corrected chi connectivity index (χ2v) is 8.41. The highest BCUT2D eigenvalue weighted by Gasteiger charge is 2.29. The van der Waals surface area contributed by atoms with Crippen LogP contribution in [0.3, 0.4) is 0 Å². The molecule has 196 valence electrons. The molecule has 0 bridgehead atoms. The Hall–Kier alpha value is -4.05. The van der Waals surface area contributed by atoms with Crippen molar-refractivity contribution < 1.29 is 43.1 Å². The summed E-state index contributed by atoms with van der Waals surface area (Å²) in [5.74, 6) is -2.11. The topological polar surface area (TPSA) is 115 Å². The van der Waals surface area contributed by atoms with Crippen molar-refractivity contribution in [1.82, 2.24) is 5.32 Å². The Morgan fingerprint density at radius 1 is 0.973 bits per heavy atom. The number of nitrogens with one attached hydrogen (secondary N) is 1. The van der Waals surface area contributed by atoms with Crippen LogP contribution in [0.5, 0.6) is 5.75 Å². The van der Waals surface area contributed by atoms with Gasteiger partial charge in [-0.2, -0.15) is 13.2 Å². The van der Waals surface area contributed by atoms with Gasteiger partial charge in [-0.25, -0.2) is 4.79 Å². The summed E-state index contributed by atoms with van der Waals surface area (Å²) in [5.41, 5.74) is 10.2. The van der Waals surface area contributed by atoms with Gasteiger partial charge in [0.05, 0.1) is 13.7 Å². The maximum Gasteiger partial charge on any atom is 0.430 e. The summed E-state index contributed by atoms with van der Waals surface area (Å²) >= 11 is 0. The zero-order valence-corrected chi connectivity index (χ0v) is 20.1. The van der Waals surface area contributed by atoms with Gasteiger partial charge in [0, 0.05) is 12.3 Å². The van der Waals surface area contributed by atoms with Gasteiger partial charge in [0.25, 0.3) is 0 Å². The number of ether oxygens (including phenoxy) is 2. The van der Waals surface area contributed by atoms with Crippen molar-refractivity contribution in [3.05, 3.63) is 89.5 Å². The van der Waals surface area contributed by atoms with Crippen LogP contribution in [0, 0.1) is 0 Å². The van der Waals surface area contributed by atoms with Crippen molar-refractivity contribution in [1.29, 1.82) is 0 Å². The van der Waals surface area contributed by atoms with E-state index in [1.807, 2.05) is 48.5 Å². The number of carbonyl (C=O) groups excluding carboxylic acids is 2.